The van der Waals surface area contributed by atoms with Crippen molar-refractivity contribution in [3.05, 3.63) is 11.6 Å². The van der Waals surface area contributed by atoms with Gasteiger partial charge >= 0.3 is 0 Å². The topological polar surface area (TPSA) is 144 Å². The summed E-state index contributed by atoms with van der Waals surface area (Å²) in [5, 5.41) is 35.6. The van der Waals surface area contributed by atoms with Gasteiger partial charge in [0, 0.05) is 13.0 Å². The van der Waals surface area contributed by atoms with E-state index in [-0.39, 0.29) is 65.4 Å². The Morgan fingerprint density at radius 1 is 1.17 bits per heavy atom. The van der Waals surface area contributed by atoms with Crippen molar-refractivity contribution in [1.29, 1.82) is 0 Å². The fraction of sp³-hybridized carbons (Fsp3) is 0.885. The summed E-state index contributed by atoms with van der Waals surface area (Å²) in [5.74, 6) is 0.167. The van der Waals surface area contributed by atoms with Crippen LogP contribution >= 0.6 is 0 Å². The van der Waals surface area contributed by atoms with E-state index in [1.807, 2.05) is 6.08 Å². The molecule has 8 nitrogen and oxygen atoms in total. The summed E-state index contributed by atoms with van der Waals surface area (Å²) in [4.78, 5) is 12.2. The number of hydrogen-bond acceptors (Lipinski definition) is 6. The molecule has 35 heavy (non-hydrogen) atoms. The summed E-state index contributed by atoms with van der Waals surface area (Å²) in [6, 6.07) is 0. The van der Waals surface area contributed by atoms with Crippen LogP contribution in [0.4, 0.5) is 0 Å². The Kier molecular flexibility index (Phi) is 7.50. The fourth-order valence-corrected chi connectivity index (χ4v) is 8.89. The molecule has 200 valence electrons. The molecule has 10 atom stereocenters. The highest BCUT2D eigenvalue weighted by molar-refractivity contribution is 7.85. The van der Waals surface area contributed by atoms with Gasteiger partial charge in [0.25, 0.3) is 10.1 Å². The average Bonchev–Trinajstić information content (AvgIpc) is 3.12. The minimum atomic E-state index is -4.10. The molecule has 0 heterocycles. The maximum absolute atomic E-state index is 12.2. The second-order valence-corrected chi connectivity index (χ2v) is 13.8. The number of aliphatic hydroxyl groups is 3. The van der Waals surface area contributed by atoms with Gasteiger partial charge in [-0.15, -0.1) is 0 Å². The molecule has 5 N–H and O–H groups in total. The molecule has 0 aromatic carbocycles. The average molecular weight is 514 g/mol. The van der Waals surface area contributed by atoms with Crippen LogP contribution in [-0.2, 0) is 14.9 Å². The molecule has 0 bridgehead atoms. The van der Waals surface area contributed by atoms with Crippen LogP contribution in [0.3, 0.4) is 0 Å². The molecule has 9 heteroatoms. The zero-order valence-electron chi connectivity index (χ0n) is 21.2. The number of hydrogen-bond donors (Lipinski definition) is 5. The maximum atomic E-state index is 12.2. The molecule has 0 unspecified atom stereocenters. The number of nitrogens with one attached hydrogen (secondary N) is 1. The first-order valence-electron chi connectivity index (χ1n) is 13.2. The Hall–Kier alpha value is -1.00. The van der Waals surface area contributed by atoms with Gasteiger partial charge in [0.2, 0.25) is 5.91 Å². The standard InChI is InChI=1S/C26H43NO7S/c1-15(4-7-23(31)27-10-11-35(32,33)34)18-5-6-19-24-20(14-22(30)26(18,19)3)25(2)9-8-17(28)12-16(25)13-21(24)29/h13,15,17-22,24,28-30H,4-12,14H2,1-3H3,(H,27,31)(H,32,33,34)/t15-,17+,18-,19+,20+,21-,22+,24+,25+,26-/m1/s1. The number of aliphatic hydroxyl groups excluding tert-OH is 3. The lowest BCUT2D eigenvalue weighted by atomic mass is 9.45. The first-order valence-corrected chi connectivity index (χ1v) is 14.9. The normalized spacial score (nSPS) is 44.0. The fourth-order valence-electron chi connectivity index (χ4n) is 8.53. The van der Waals surface area contributed by atoms with E-state index in [9.17, 15) is 28.5 Å². The lowest BCUT2D eigenvalue weighted by Crippen LogP contribution is -2.59. The van der Waals surface area contributed by atoms with E-state index in [1.54, 1.807) is 0 Å². The molecule has 1 amide bonds. The Bertz CT molecular complexity index is 951. The third-order valence-electron chi connectivity index (χ3n) is 10.5. The minimum Gasteiger partial charge on any atom is -0.393 e. The van der Waals surface area contributed by atoms with Gasteiger partial charge in [-0.25, -0.2) is 0 Å². The van der Waals surface area contributed by atoms with Gasteiger partial charge < -0.3 is 20.6 Å². The minimum absolute atomic E-state index is 0.0880. The molecule has 4 aliphatic rings. The zero-order chi connectivity index (χ0) is 25.8. The summed E-state index contributed by atoms with van der Waals surface area (Å²) in [6.07, 6.45) is 6.32. The number of carbonyl (C=O) groups is 1. The molecule has 4 aliphatic carbocycles. The van der Waals surface area contributed by atoms with Crippen LogP contribution in [0, 0.1) is 40.4 Å². The Morgan fingerprint density at radius 2 is 1.89 bits per heavy atom. The van der Waals surface area contributed by atoms with Crippen LogP contribution < -0.4 is 5.32 Å². The summed E-state index contributed by atoms with van der Waals surface area (Å²) in [5.41, 5.74) is 0.734. The number of carbonyl (C=O) groups excluding carboxylic acids is 1. The van der Waals surface area contributed by atoms with Crippen LogP contribution in [0.2, 0.25) is 0 Å². The van der Waals surface area contributed by atoms with Gasteiger partial charge in [-0.2, -0.15) is 8.42 Å². The van der Waals surface area contributed by atoms with E-state index < -0.39 is 28.1 Å². The van der Waals surface area contributed by atoms with Gasteiger partial charge in [0.15, 0.2) is 0 Å². The molecule has 3 fully saturated rings. The third kappa shape index (κ3) is 4.96. The monoisotopic (exact) mass is 513 g/mol. The predicted octanol–water partition coefficient (Wildman–Crippen LogP) is 2.29. The Balaban J connectivity index is 1.45. The van der Waals surface area contributed by atoms with Crippen molar-refractivity contribution in [3.63, 3.8) is 0 Å². The predicted molar refractivity (Wildman–Crippen MR) is 132 cm³/mol. The van der Waals surface area contributed by atoms with E-state index in [0.717, 1.165) is 31.3 Å². The summed E-state index contributed by atoms with van der Waals surface area (Å²) in [7, 11) is -4.10. The van der Waals surface area contributed by atoms with Crippen molar-refractivity contribution in [2.24, 2.45) is 40.4 Å². The van der Waals surface area contributed by atoms with Crippen molar-refractivity contribution in [2.45, 2.75) is 90.4 Å². The van der Waals surface area contributed by atoms with Crippen molar-refractivity contribution in [1.82, 2.24) is 5.32 Å². The van der Waals surface area contributed by atoms with Crippen LogP contribution in [0.1, 0.15) is 72.1 Å². The molecule has 0 aromatic rings. The molecule has 4 rings (SSSR count). The van der Waals surface area contributed by atoms with E-state index in [1.165, 1.54) is 0 Å². The molecule has 0 saturated heterocycles. The number of fused-ring (bicyclic) bond motifs is 5. The smallest absolute Gasteiger partial charge is 0.266 e. The lowest BCUT2D eigenvalue weighted by molar-refractivity contribution is -0.158. The first kappa shape index (κ1) is 27.0. The molecular formula is C26H43NO7S. The highest BCUT2D eigenvalue weighted by atomic mass is 32.2. The summed E-state index contributed by atoms with van der Waals surface area (Å²) in [6.45, 7) is 6.46. The van der Waals surface area contributed by atoms with E-state index >= 15 is 0 Å². The molecular weight excluding hydrogens is 470 g/mol. The molecule has 0 aromatic heterocycles. The second kappa shape index (κ2) is 9.71. The first-order chi connectivity index (χ1) is 16.3. The largest absolute Gasteiger partial charge is 0.393 e. The summed E-state index contributed by atoms with van der Waals surface area (Å²) >= 11 is 0. The van der Waals surface area contributed by atoms with Crippen molar-refractivity contribution >= 4 is 16.0 Å². The van der Waals surface area contributed by atoms with Gasteiger partial charge in [-0.1, -0.05) is 32.4 Å². The third-order valence-corrected chi connectivity index (χ3v) is 11.2. The lowest BCUT2D eigenvalue weighted by Gasteiger charge is -2.61. The number of rotatable bonds is 7. The zero-order valence-corrected chi connectivity index (χ0v) is 22.0. The maximum Gasteiger partial charge on any atom is 0.266 e. The van der Waals surface area contributed by atoms with Crippen LogP contribution in [-0.4, -0.2) is 64.8 Å². The van der Waals surface area contributed by atoms with Crippen LogP contribution in [0.15, 0.2) is 11.6 Å². The summed E-state index contributed by atoms with van der Waals surface area (Å²) < 4.78 is 30.5. The molecule has 0 spiro atoms. The second-order valence-electron chi connectivity index (χ2n) is 12.2. The van der Waals surface area contributed by atoms with Gasteiger partial charge in [-0.05, 0) is 85.4 Å². The number of amides is 1. The quantitative estimate of drug-likeness (QED) is 0.259. The van der Waals surface area contributed by atoms with Gasteiger partial charge in [-0.3, -0.25) is 9.35 Å². The van der Waals surface area contributed by atoms with Crippen LogP contribution in [0.25, 0.3) is 0 Å². The molecule has 0 aliphatic heterocycles. The highest BCUT2D eigenvalue weighted by Crippen LogP contribution is 2.67. The van der Waals surface area contributed by atoms with Crippen LogP contribution in [0.5, 0.6) is 0 Å². The Labute approximate surface area is 209 Å². The molecule has 0 radical (unpaired) electrons. The highest BCUT2D eigenvalue weighted by Gasteiger charge is 2.64. The van der Waals surface area contributed by atoms with Crippen molar-refractivity contribution in [2.75, 3.05) is 12.3 Å². The molecule has 3 saturated carbocycles. The van der Waals surface area contributed by atoms with E-state index in [0.29, 0.717) is 19.3 Å². The van der Waals surface area contributed by atoms with E-state index in [4.69, 9.17) is 4.55 Å². The van der Waals surface area contributed by atoms with Crippen molar-refractivity contribution < 1.29 is 33.1 Å². The van der Waals surface area contributed by atoms with Crippen molar-refractivity contribution in [3.8, 4) is 0 Å². The SMILES string of the molecule is C[C@H](CCC(=O)NCCS(=O)(=O)O)[C@H]1CC[C@H]2[C@@H]3[C@H](O)C=C4C[C@@H](O)CC[C@]4(C)[C@H]3C[C@H](O)[C@]12C. The Morgan fingerprint density at radius 3 is 2.57 bits per heavy atom. The van der Waals surface area contributed by atoms with Gasteiger partial charge in [0.1, 0.15) is 0 Å². The van der Waals surface area contributed by atoms with E-state index in [2.05, 4.69) is 26.1 Å². The van der Waals surface area contributed by atoms with Gasteiger partial charge in [0.05, 0.1) is 24.1 Å².